The summed E-state index contributed by atoms with van der Waals surface area (Å²) >= 11 is 0. The second kappa shape index (κ2) is 7.55. The minimum atomic E-state index is -1.45. The van der Waals surface area contributed by atoms with Gasteiger partial charge < -0.3 is 24.2 Å². The molecule has 0 spiro atoms. The third kappa shape index (κ3) is 9.47. The second-order valence-electron chi connectivity index (χ2n) is 4.90. The van der Waals surface area contributed by atoms with E-state index in [9.17, 15) is 9.90 Å². The molecule has 1 aromatic rings. The van der Waals surface area contributed by atoms with Gasteiger partial charge in [0, 0.05) is 0 Å². The third-order valence-electron chi connectivity index (χ3n) is 2.10. The molecule has 102 valence electrons. The van der Waals surface area contributed by atoms with Crippen LogP contribution in [0.3, 0.4) is 0 Å². The van der Waals surface area contributed by atoms with Crippen LogP contribution in [0.1, 0.15) is 5.56 Å². The van der Waals surface area contributed by atoms with E-state index < -0.39 is 6.16 Å². The van der Waals surface area contributed by atoms with Gasteiger partial charge in [-0.15, -0.1) is 0 Å². The Hall–Kier alpha value is -1.75. The van der Waals surface area contributed by atoms with E-state index in [-0.39, 0.29) is 6.61 Å². The SMILES string of the molecule is C[N+](C)(C)CCOC(=O)[O-].Cc1ccccc1O. The summed E-state index contributed by atoms with van der Waals surface area (Å²) in [6.45, 7) is 2.73. The Morgan fingerprint density at radius 2 is 1.89 bits per heavy atom. The Morgan fingerprint density at radius 3 is 2.22 bits per heavy atom. The van der Waals surface area contributed by atoms with Gasteiger partial charge in [-0.2, -0.15) is 0 Å². The maximum atomic E-state index is 9.74. The lowest BCUT2D eigenvalue weighted by molar-refractivity contribution is -0.870. The average Bonchev–Trinajstić information content (AvgIpc) is 2.21. The van der Waals surface area contributed by atoms with E-state index in [0.29, 0.717) is 16.8 Å². The number of likely N-dealkylation sites (N-methyl/N-ethyl adjacent to an activating group) is 1. The highest BCUT2D eigenvalue weighted by Crippen LogP contribution is 2.12. The number of carboxylic acid groups (broad SMARTS) is 1. The number of benzene rings is 1. The van der Waals surface area contributed by atoms with Gasteiger partial charge in [0.15, 0.2) is 0 Å². The standard InChI is InChI=1S/C7H8O.C6H13NO3/c1-6-4-2-3-5-7(6)8;1-7(2,3)4-5-10-6(8)9/h2-5,8H,1H3;4-5H2,1-3H3. The van der Waals surface area contributed by atoms with Crippen molar-refractivity contribution < 1.29 is 24.2 Å². The molecule has 0 unspecified atom stereocenters. The minimum absolute atomic E-state index is 0.200. The lowest BCUT2D eigenvalue weighted by Gasteiger charge is -2.24. The zero-order valence-corrected chi connectivity index (χ0v) is 11.3. The van der Waals surface area contributed by atoms with Crippen LogP contribution in [0, 0.1) is 6.92 Å². The molecular weight excluding hydrogens is 234 g/mol. The molecule has 0 bridgehead atoms. The Kier molecular flexibility index (Phi) is 6.82. The van der Waals surface area contributed by atoms with Crippen LogP contribution in [0.5, 0.6) is 5.75 Å². The maximum absolute atomic E-state index is 9.74. The van der Waals surface area contributed by atoms with Crippen molar-refractivity contribution in [3.05, 3.63) is 29.8 Å². The Balaban J connectivity index is 0.000000327. The highest BCUT2D eigenvalue weighted by molar-refractivity contribution is 5.53. The number of ether oxygens (including phenoxy) is 1. The smallest absolute Gasteiger partial charge is 0.252 e. The highest BCUT2D eigenvalue weighted by atomic mass is 16.7. The summed E-state index contributed by atoms with van der Waals surface area (Å²) in [5.41, 5.74) is 0.924. The number of carbonyl (C=O) groups is 1. The average molecular weight is 255 g/mol. The first-order chi connectivity index (χ1) is 8.22. The molecule has 0 amide bonds. The van der Waals surface area contributed by atoms with Gasteiger partial charge >= 0.3 is 0 Å². The predicted molar refractivity (Wildman–Crippen MR) is 67.1 cm³/mol. The molecule has 1 aromatic carbocycles. The number of aromatic hydroxyl groups is 1. The molecule has 0 aliphatic heterocycles. The first kappa shape index (κ1) is 16.2. The van der Waals surface area contributed by atoms with Gasteiger partial charge in [-0.05, 0) is 18.6 Å². The number of carbonyl (C=O) groups excluding carboxylic acids is 1. The summed E-state index contributed by atoms with van der Waals surface area (Å²) in [5, 5.41) is 18.7. The van der Waals surface area contributed by atoms with Crippen LogP contribution in [-0.2, 0) is 4.74 Å². The quantitative estimate of drug-likeness (QED) is 0.639. The molecule has 5 heteroatoms. The fraction of sp³-hybridized carbons (Fsp3) is 0.462. The van der Waals surface area contributed by atoms with E-state index in [1.54, 1.807) is 6.07 Å². The van der Waals surface area contributed by atoms with Gasteiger partial charge in [0.25, 0.3) is 6.16 Å². The van der Waals surface area contributed by atoms with Gasteiger partial charge in [-0.3, -0.25) is 0 Å². The molecule has 1 rings (SSSR count). The first-order valence-corrected chi connectivity index (χ1v) is 5.61. The molecule has 0 atom stereocenters. The fourth-order valence-electron chi connectivity index (χ4n) is 0.966. The number of para-hydroxylation sites is 1. The van der Waals surface area contributed by atoms with Gasteiger partial charge in [-0.25, -0.2) is 0 Å². The van der Waals surface area contributed by atoms with Crippen LogP contribution in [0.4, 0.5) is 4.79 Å². The second-order valence-corrected chi connectivity index (χ2v) is 4.90. The van der Waals surface area contributed by atoms with Crippen molar-refractivity contribution in [2.24, 2.45) is 0 Å². The van der Waals surface area contributed by atoms with Crippen LogP contribution in [0.25, 0.3) is 0 Å². The maximum Gasteiger partial charge on any atom is 0.252 e. The molecular formula is C13H21NO4. The summed E-state index contributed by atoms with van der Waals surface area (Å²) in [4.78, 5) is 9.74. The summed E-state index contributed by atoms with van der Waals surface area (Å²) in [5.74, 6) is 0.368. The normalized spacial score (nSPS) is 10.2. The molecule has 0 radical (unpaired) electrons. The van der Waals surface area contributed by atoms with Crippen LogP contribution in [0.15, 0.2) is 24.3 Å². The number of hydrogen-bond donors (Lipinski definition) is 1. The number of phenolic OH excluding ortho intramolecular Hbond substituents is 1. The van der Waals surface area contributed by atoms with E-state index in [2.05, 4.69) is 4.74 Å². The molecule has 5 nitrogen and oxygen atoms in total. The molecule has 0 aliphatic carbocycles. The Bertz CT molecular complexity index is 350. The summed E-state index contributed by atoms with van der Waals surface area (Å²) in [6, 6.07) is 7.25. The number of hydrogen-bond acceptors (Lipinski definition) is 4. The van der Waals surface area contributed by atoms with Crippen LogP contribution < -0.4 is 5.11 Å². The number of quaternary nitrogens is 1. The minimum Gasteiger partial charge on any atom is -0.544 e. The Labute approximate surface area is 108 Å². The van der Waals surface area contributed by atoms with Crippen molar-refractivity contribution in [3.63, 3.8) is 0 Å². The van der Waals surface area contributed by atoms with Gasteiger partial charge in [0.1, 0.15) is 5.75 Å². The van der Waals surface area contributed by atoms with Crippen LogP contribution >= 0.6 is 0 Å². The topological polar surface area (TPSA) is 69.6 Å². The number of phenols is 1. The van der Waals surface area contributed by atoms with E-state index in [1.165, 1.54) is 0 Å². The largest absolute Gasteiger partial charge is 0.544 e. The molecule has 0 aromatic heterocycles. The Morgan fingerprint density at radius 1 is 1.33 bits per heavy atom. The lowest BCUT2D eigenvalue weighted by atomic mass is 10.2. The van der Waals surface area contributed by atoms with Crippen LogP contribution in [0.2, 0.25) is 0 Å². The van der Waals surface area contributed by atoms with Gasteiger partial charge in [0.2, 0.25) is 0 Å². The van der Waals surface area contributed by atoms with E-state index >= 15 is 0 Å². The number of rotatable bonds is 3. The van der Waals surface area contributed by atoms with Crippen molar-refractivity contribution in [2.45, 2.75) is 6.92 Å². The van der Waals surface area contributed by atoms with Gasteiger partial charge in [-0.1, -0.05) is 18.2 Å². The molecule has 18 heavy (non-hydrogen) atoms. The molecule has 0 aliphatic rings. The van der Waals surface area contributed by atoms with Crippen LogP contribution in [-0.4, -0.2) is 50.0 Å². The molecule has 0 fully saturated rings. The predicted octanol–water partition coefficient (Wildman–Crippen LogP) is 0.753. The lowest BCUT2D eigenvalue weighted by Crippen LogP contribution is -2.39. The van der Waals surface area contributed by atoms with Crippen molar-refractivity contribution >= 4 is 6.16 Å². The molecule has 1 N–H and O–H groups in total. The highest BCUT2D eigenvalue weighted by Gasteiger charge is 2.03. The molecule has 0 heterocycles. The molecule has 0 saturated heterocycles. The van der Waals surface area contributed by atoms with Crippen molar-refractivity contribution in [3.8, 4) is 5.75 Å². The molecule has 0 saturated carbocycles. The summed E-state index contributed by atoms with van der Waals surface area (Å²) in [7, 11) is 5.87. The summed E-state index contributed by atoms with van der Waals surface area (Å²) < 4.78 is 4.90. The van der Waals surface area contributed by atoms with Crippen molar-refractivity contribution in [1.29, 1.82) is 0 Å². The third-order valence-corrected chi connectivity index (χ3v) is 2.10. The monoisotopic (exact) mass is 255 g/mol. The van der Waals surface area contributed by atoms with Crippen molar-refractivity contribution in [1.82, 2.24) is 0 Å². The number of nitrogens with zero attached hydrogens (tertiary/aromatic N) is 1. The van der Waals surface area contributed by atoms with E-state index in [4.69, 9.17) is 5.11 Å². The van der Waals surface area contributed by atoms with E-state index in [0.717, 1.165) is 5.56 Å². The van der Waals surface area contributed by atoms with Gasteiger partial charge in [0.05, 0.1) is 34.3 Å². The number of aryl methyl sites for hydroxylation is 1. The summed E-state index contributed by atoms with van der Waals surface area (Å²) in [6.07, 6.45) is -1.45. The zero-order valence-electron chi connectivity index (χ0n) is 11.3. The first-order valence-electron chi connectivity index (χ1n) is 5.61. The van der Waals surface area contributed by atoms with Crippen molar-refractivity contribution in [2.75, 3.05) is 34.3 Å². The van der Waals surface area contributed by atoms with E-state index in [1.807, 2.05) is 46.3 Å². The zero-order chi connectivity index (χ0) is 14.2. The fourth-order valence-corrected chi connectivity index (χ4v) is 0.966.